The van der Waals surface area contributed by atoms with Crippen LogP contribution in [-0.2, 0) is 61.7 Å². The molecule has 2 aliphatic rings. The molecule has 2 fully saturated rings. The van der Waals surface area contributed by atoms with E-state index in [-0.39, 0.29) is 98.4 Å². The molecule has 0 aromatic heterocycles. The number of sulfonamides is 2. The molecule has 86 heavy (non-hydrogen) atoms. The van der Waals surface area contributed by atoms with E-state index in [4.69, 9.17) is 0 Å². The predicted molar refractivity (Wildman–Crippen MR) is 324 cm³/mol. The highest BCUT2D eigenvalue weighted by Crippen LogP contribution is 2.27. The van der Waals surface area contributed by atoms with Crippen LogP contribution in [0.2, 0.25) is 0 Å². The molecule has 2 heterocycles. The second-order valence-corrected chi connectivity index (χ2v) is 26.0. The maximum atomic E-state index is 14.4. The van der Waals surface area contributed by atoms with Crippen molar-refractivity contribution >= 4 is 55.5 Å². The number of amides is 6. The van der Waals surface area contributed by atoms with E-state index in [9.17, 15) is 54.4 Å². The van der Waals surface area contributed by atoms with Gasteiger partial charge in [-0.1, -0.05) is 60.7 Å². The van der Waals surface area contributed by atoms with Crippen LogP contribution in [0.5, 0.6) is 0 Å². The lowest BCUT2D eigenvalue weighted by Crippen LogP contribution is -2.55. The molecule has 20 nitrogen and oxygen atoms in total. The first-order valence-electron chi connectivity index (χ1n) is 29.9. The fourth-order valence-corrected chi connectivity index (χ4v) is 13.6. The van der Waals surface area contributed by atoms with Gasteiger partial charge in [-0.2, -0.15) is 8.61 Å². The fourth-order valence-electron chi connectivity index (χ4n) is 10.6. The van der Waals surface area contributed by atoms with Gasteiger partial charge in [0.25, 0.3) is 0 Å². The highest BCUT2D eigenvalue weighted by atomic mass is 32.2. The third-order valence-electron chi connectivity index (χ3n) is 16.0. The van der Waals surface area contributed by atoms with Crippen LogP contribution in [-0.4, -0.2) is 173 Å². The van der Waals surface area contributed by atoms with Gasteiger partial charge >= 0.3 is 0 Å². The van der Waals surface area contributed by atoms with Gasteiger partial charge < -0.3 is 41.7 Å². The molecule has 2 aliphatic heterocycles. The molecule has 0 spiro atoms. The topological polar surface area (TPSA) is 256 Å². The highest BCUT2D eigenvalue weighted by Gasteiger charge is 2.39. The van der Waals surface area contributed by atoms with Gasteiger partial charge in [-0.15, -0.1) is 0 Å². The van der Waals surface area contributed by atoms with E-state index in [1.165, 1.54) is 32.9 Å². The standard InChI is InChI=1S/C62H86F2N10O10S2/c1-45(65-3)59(77)69-55(61(79)73-39-15-21-51(73)43-71(41-35-47-17-7-5-8-18-47)85(81,82)53-31-27-49(63)28-32-53)23-13-37-67-57(75)25-11-12-26-58(76)68-38-14-24-56(70-60(78)46(2)66-4)62(80)74-40-16-22-52(74)44-72(42-36-48-19-9-6-10-20-48)86(83,84)54-33-29-50(64)30-34-54/h5-10,17-20,27-34,45-46,51-52,55-56,65-66H,11-16,21-26,35-44H2,1-4H3,(H,67,75)(H,68,76)(H,69,77)(H,70,78)/t45-,46+,51-,52-,55-,56-/m0/s1. The zero-order valence-electron chi connectivity index (χ0n) is 49.9. The number of carbonyl (C=O) groups excluding carboxylic acids is 6. The quantitative estimate of drug-likeness (QED) is 0.0345. The van der Waals surface area contributed by atoms with Crippen molar-refractivity contribution in [2.24, 2.45) is 0 Å². The molecule has 0 aliphatic carbocycles. The smallest absolute Gasteiger partial charge is 0.245 e. The molecule has 24 heteroatoms. The normalized spacial score (nSPS) is 16.8. The number of nitrogens with one attached hydrogen (secondary N) is 6. The van der Waals surface area contributed by atoms with Gasteiger partial charge in [-0.3, -0.25) is 28.8 Å². The second-order valence-electron chi connectivity index (χ2n) is 22.1. The Hall–Kier alpha value is -6.70. The van der Waals surface area contributed by atoms with Crippen molar-refractivity contribution < 1.29 is 54.4 Å². The molecule has 4 aromatic carbocycles. The maximum Gasteiger partial charge on any atom is 0.245 e. The molecule has 0 bridgehead atoms. The summed E-state index contributed by atoms with van der Waals surface area (Å²) < 4.78 is 86.8. The first-order chi connectivity index (χ1) is 41.2. The number of nitrogens with zero attached hydrogens (tertiary/aromatic N) is 4. The number of benzene rings is 4. The van der Waals surface area contributed by atoms with E-state index in [0.717, 1.165) is 35.4 Å². The van der Waals surface area contributed by atoms with Crippen LogP contribution in [0.3, 0.4) is 0 Å². The Kier molecular flexibility index (Phi) is 27.1. The number of likely N-dealkylation sites (N-methyl/N-ethyl adjacent to an activating group) is 2. The molecule has 2 saturated heterocycles. The predicted octanol–water partition coefficient (Wildman–Crippen LogP) is 4.65. The maximum absolute atomic E-state index is 14.4. The van der Waals surface area contributed by atoms with Gasteiger partial charge in [0.1, 0.15) is 23.7 Å². The second kappa shape index (κ2) is 34.0. The first-order valence-corrected chi connectivity index (χ1v) is 32.8. The molecule has 6 rings (SSSR count). The van der Waals surface area contributed by atoms with Gasteiger partial charge in [0.05, 0.1) is 21.9 Å². The summed E-state index contributed by atoms with van der Waals surface area (Å²) in [6, 6.07) is 24.0. The van der Waals surface area contributed by atoms with E-state index < -0.39 is 79.7 Å². The minimum Gasteiger partial charge on any atom is -0.356 e. The van der Waals surface area contributed by atoms with Crippen LogP contribution in [0.4, 0.5) is 8.78 Å². The molecule has 0 radical (unpaired) electrons. The zero-order chi connectivity index (χ0) is 62.2. The van der Waals surface area contributed by atoms with Crippen molar-refractivity contribution in [2.75, 3.05) is 66.5 Å². The van der Waals surface area contributed by atoms with E-state index in [0.29, 0.717) is 77.3 Å². The summed E-state index contributed by atoms with van der Waals surface area (Å²) in [6.45, 7) is 4.64. The summed E-state index contributed by atoms with van der Waals surface area (Å²) in [5.74, 6) is -3.16. The van der Waals surface area contributed by atoms with Gasteiger partial charge in [0.2, 0.25) is 55.5 Å². The summed E-state index contributed by atoms with van der Waals surface area (Å²) >= 11 is 0. The van der Waals surface area contributed by atoms with Gasteiger partial charge in [-0.25, -0.2) is 25.6 Å². The Morgan fingerprint density at radius 3 is 1.24 bits per heavy atom. The Balaban J connectivity index is 0.964. The largest absolute Gasteiger partial charge is 0.356 e. The van der Waals surface area contributed by atoms with Crippen molar-refractivity contribution in [3.63, 3.8) is 0 Å². The van der Waals surface area contributed by atoms with Gasteiger partial charge in [0.15, 0.2) is 0 Å². The SMILES string of the molecule is CN[C@@H](C)C(=O)N[C@@H](CCCNC(=O)CCCCC(=O)NCCC[C@H](NC(=O)[C@@H](C)NC)C(=O)N1CCC[C@H]1CN(CCc1ccccc1)S(=O)(=O)c1ccc(F)cc1)C(=O)N1CCC[C@H]1CN(CCc1ccccc1)S(=O)(=O)c1ccc(F)cc1. The summed E-state index contributed by atoms with van der Waals surface area (Å²) in [5.41, 5.74) is 1.85. The molecule has 6 atom stereocenters. The average molecular weight is 1230 g/mol. The van der Waals surface area contributed by atoms with Crippen LogP contribution in [0.15, 0.2) is 119 Å². The number of hydrogen-bond donors (Lipinski definition) is 6. The zero-order valence-corrected chi connectivity index (χ0v) is 51.5. The molecule has 6 amide bonds. The van der Waals surface area contributed by atoms with E-state index in [1.54, 1.807) is 37.7 Å². The Labute approximate surface area is 506 Å². The third kappa shape index (κ3) is 20.5. The van der Waals surface area contributed by atoms with Crippen LogP contribution >= 0.6 is 0 Å². The van der Waals surface area contributed by atoms with Crippen molar-refractivity contribution in [2.45, 2.75) is 150 Å². The Morgan fingerprint density at radius 1 is 0.535 bits per heavy atom. The minimum absolute atomic E-state index is 0.0106. The summed E-state index contributed by atoms with van der Waals surface area (Å²) in [5, 5.41) is 17.3. The van der Waals surface area contributed by atoms with E-state index in [1.807, 2.05) is 60.7 Å². The third-order valence-corrected chi connectivity index (χ3v) is 19.7. The number of hydrogen-bond acceptors (Lipinski definition) is 12. The lowest BCUT2D eigenvalue weighted by molar-refractivity contribution is -0.138. The number of unbranched alkanes of at least 4 members (excludes halogenated alkanes) is 1. The molecule has 0 unspecified atom stereocenters. The van der Waals surface area contributed by atoms with Crippen molar-refractivity contribution in [1.29, 1.82) is 0 Å². The van der Waals surface area contributed by atoms with Gasteiger partial charge in [0, 0.05) is 77.3 Å². The van der Waals surface area contributed by atoms with Crippen LogP contribution in [0.1, 0.15) is 102 Å². The van der Waals surface area contributed by atoms with Crippen molar-refractivity contribution in [1.82, 2.24) is 50.3 Å². The summed E-state index contributed by atoms with van der Waals surface area (Å²) in [7, 11) is -4.96. The minimum atomic E-state index is -4.10. The Bertz CT molecular complexity index is 2860. The lowest BCUT2D eigenvalue weighted by atomic mass is 10.1. The van der Waals surface area contributed by atoms with E-state index >= 15 is 0 Å². The fraction of sp³-hybridized carbons (Fsp3) is 0.516. The molecule has 470 valence electrons. The lowest BCUT2D eigenvalue weighted by Gasteiger charge is -2.33. The molecular weight excluding hydrogens is 1150 g/mol. The Morgan fingerprint density at radius 2 is 0.895 bits per heavy atom. The van der Waals surface area contributed by atoms with Crippen molar-refractivity contribution in [3.8, 4) is 0 Å². The number of carbonyl (C=O) groups is 6. The van der Waals surface area contributed by atoms with Crippen LogP contribution in [0.25, 0.3) is 0 Å². The molecular formula is C62H86F2N10O10S2. The number of halogens is 2. The first kappa shape index (κ1) is 68.4. The highest BCUT2D eigenvalue weighted by molar-refractivity contribution is 7.89. The molecule has 4 aromatic rings. The van der Waals surface area contributed by atoms with Gasteiger partial charge in [-0.05, 0) is 165 Å². The number of likely N-dealkylation sites (tertiary alicyclic amines) is 2. The molecule has 0 saturated carbocycles. The van der Waals surface area contributed by atoms with Crippen LogP contribution in [0, 0.1) is 11.6 Å². The van der Waals surface area contributed by atoms with E-state index in [2.05, 4.69) is 31.9 Å². The number of rotatable bonds is 35. The summed E-state index contributed by atoms with van der Waals surface area (Å²) in [6.07, 6.45) is 5.22. The monoisotopic (exact) mass is 1230 g/mol. The van der Waals surface area contributed by atoms with Crippen LogP contribution < -0.4 is 31.9 Å². The average Bonchev–Trinajstić information content (AvgIpc) is 3.48. The molecule has 6 N–H and O–H groups in total. The van der Waals surface area contributed by atoms with Crippen molar-refractivity contribution in [3.05, 3.63) is 132 Å². The summed E-state index contributed by atoms with van der Waals surface area (Å²) in [4.78, 5) is 84.3.